The first kappa shape index (κ1) is 14.9. The zero-order valence-corrected chi connectivity index (χ0v) is 12.2. The van der Waals surface area contributed by atoms with Crippen LogP contribution in [0.15, 0.2) is 16.8 Å². The molecule has 2 N–H and O–H groups in total. The summed E-state index contributed by atoms with van der Waals surface area (Å²) in [4.78, 5) is 35.9. The third-order valence-electron chi connectivity index (χ3n) is 2.90. The summed E-state index contributed by atoms with van der Waals surface area (Å²) in [6.07, 6.45) is 0.111. The summed E-state index contributed by atoms with van der Waals surface area (Å²) >= 11 is 2.85. The van der Waals surface area contributed by atoms with Crippen molar-refractivity contribution in [3.8, 4) is 0 Å². The number of carboxylic acid groups (broad SMARTS) is 1. The highest BCUT2D eigenvalue weighted by Crippen LogP contribution is 2.21. The normalized spacial score (nSPS) is 18.0. The van der Waals surface area contributed by atoms with E-state index in [0.29, 0.717) is 17.2 Å². The van der Waals surface area contributed by atoms with Crippen molar-refractivity contribution < 1.29 is 19.5 Å². The monoisotopic (exact) mass is 314 g/mol. The quantitative estimate of drug-likeness (QED) is 0.841. The lowest BCUT2D eigenvalue weighted by atomic mass is 10.2. The molecule has 0 aliphatic carbocycles. The molecule has 6 nitrogen and oxygen atoms in total. The molecule has 0 saturated carbocycles. The van der Waals surface area contributed by atoms with Crippen LogP contribution in [0.5, 0.6) is 0 Å². The maximum atomic E-state index is 11.9. The van der Waals surface area contributed by atoms with Gasteiger partial charge in [0.1, 0.15) is 6.04 Å². The molecule has 1 aliphatic heterocycles. The van der Waals surface area contributed by atoms with E-state index in [4.69, 9.17) is 5.11 Å². The average Bonchev–Trinajstić information content (AvgIpc) is 3.09. The van der Waals surface area contributed by atoms with Crippen LogP contribution in [0.2, 0.25) is 0 Å². The van der Waals surface area contributed by atoms with Crippen LogP contribution in [-0.2, 0) is 9.59 Å². The predicted molar refractivity (Wildman–Crippen MR) is 76.9 cm³/mol. The zero-order chi connectivity index (χ0) is 14.5. The van der Waals surface area contributed by atoms with Crippen LogP contribution in [-0.4, -0.2) is 52.0 Å². The Bertz CT molecular complexity index is 504. The van der Waals surface area contributed by atoms with Crippen molar-refractivity contribution in [3.05, 3.63) is 22.4 Å². The molecule has 1 aliphatic rings. The number of nitrogens with one attached hydrogen (secondary N) is 1. The SMILES string of the molecule is O=C(NCCC(=O)N1CSCC1C(=O)O)c1ccsc1. The predicted octanol–water partition coefficient (Wildman–Crippen LogP) is 0.854. The van der Waals surface area contributed by atoms with Crippen molar-refractivity contribution in [2.24, 2.45) is 0 Å². The van der Waals surface area contributed by atoms with Crippen molar-refractivity contribution in [3.63, 3.8) is 0 Å². The highest BCUT2D eigenvalue weighted by atomic mass is 32.2. The smallest absolute Gasteiger partial charge is 0.327 e. The van der Waals surface area contributed by atoms with Crippen molar-refractivity contribution in [1.29, 1.82) is 0 Å². The lowest BCUT2D eigenvalue weighted by Crippen LogP contribution is -2.42. The van der Waals surface area contributed by atoms with Crippen LogP contribution in [0.3, 0.4) is 0 Å². The zero-order valence-electron chi connectivity index (χ0n) is 10.6. The topological polar surface area (TPSA) is 86.7 Å². The fraction of sp³-hybridized carbons (Fsp3) is 0.417. The molecule has 0 spiro atoms. The summed E-state index contributed by atoms with van der Waals surface area (Å²) < 4.78 is 0. The third-order valence-corrected chi connectivity index (χ3v) is 4.59. The van der Waals surface area contributed by atoms with Gasteiger partial charge in [-0.1, -0.05) is 0 Å². The second-order valence-corrected chi connectivity index (χ2v) is 6.02. The first-order valence-corrected chi connectivity index (χ1v) is 8.09. The van der Waals surface area contributed by atoms with Gasteiger partial charge in [0.15, 0.2) is 0 Å². The Morgan fingerprint density at radius 1 is 1.45 bits per heavy atom. The van der Waals surface area contributed by atoms with E-state index >= 15 is 0 Å². The number of nitrogens with zero attached hydrogens (tertiary/aromatic N) is 1. The largest absolute Gasteiger partial charge is 0.480 e. The van der Waals surface area contributed by atoms with Gasteiger partial charge in [0.05, 0.1) is 5.88 Å². The molecule has 108 valence electrons. The number of hydrogen-bond donors (Lipinski definition) is 2. The van der Waals surface area contributed by atoms with Crippen molar-refractivity contribution in [2.45, 2.75) is 12.5 Å². The Kier molecular flexibility index (Phi) is 5.02. The fourth-order valence-electron chi connectivity index (χ4n) is 1.82. The number of carbonyl (C=O) groups is 3. The number of aliphatic carboxylic acids is 1. The average molecular weight is 314 g/mol. The summed E-state index contributed by atoms with van der Waals surface area (Å²) in [5.41, 5.74) is 0.572. The van der Waals surface area contributed by atoms with E-state index in [2.05, 4.69) is 5.32 Å². The van der Waals surface area contributed by atoms with Gasteiger partial charge >= 0.3 is 5.97 Å². The number of hydrogen-bond acceptors (Lipinski definition) is 5. The molecule has 8 heteroatoms. The molecule has 1 aromatic heterocycles. The molecule has 1 unspecified atom stereocenters. The van der Waals surface area contributed by atoms with Gasteiger partial charge in [0.25, 0.3) is 5.91 Å². The third kappa shape index (κ3) is 3.51. The van der Waals surface area contributed by atoms with Gasteiger partial charge in [-0.25, -0.2) is 4.79 Å². The number of rotatable bonds is 5. The maximum absolute atomic E-state index is 11.9. The molecular formula is C12H14N2O4S2. The summed E-state index contributed by atoms with van der Waals surface area (Å²) in [6.45, 7) is 0.209. The molecule has 0 aromatic carbocycles. The van der Waals surface area contributed by atoms with Gasteiger partial charge in [0, 0.05) is 29.7 Å². The van der Waals surface area contributed by atoms with Crippen LogP contribution >= 0.6 is 23.1 Å². The molecule has 0 radical (unpaired) electrons. The number of carboxylic acids is 1. The summed E-state index contributed by atoms with van der Waals surface area (Å²) in [5, 5.41) is 15.2. The molecule has 20 heavy (non-hydrogen) atoms. The van der Waals surface area contributed by atoms with Crippen LogP contribution in [0.4, 0.5) is 0 Å². The number of thioether (sulfide) groups is 1. The number of thiophene rings is 1. The highest BCUT2D eigenvalue weighted by molar-refractivity contribution is 7.99. The summed E-state index contributed by atoms with van der Waals surface area (Å²) in [5.74, 6) is -0.625. The van der Waals surface area contributed by atoms with Crippen LogP contribution in [0, 0.1) is 0 Å². The van der Waals surface area contributed by atoms with E-state index < -0.39 is 12.0 Å². The van der Waals surface area contributed by atoms with Crippen molar-refractivity contribution in [2.75, 3.05) is 18.2 Å². The van der Waals surface area contributed by atoms with E-state index in [-0.39, 0.29) is 24.8 Å². The Balaban J connectivity index is 1.78. The Morgan fingerprint density at radius 3 is 2.90 bits per heavy atom. The molecule has 1 saturated heterocycles. The first-order chi connectivity index (χ1) is 9.59. The van der Waals surface area contributed by atoms with Gasteiger partial charge in [0.2, 0.25) is 5.91 Å². The number of amides is 2. The minimum Gasteiger partial charge on any atom is -0.480 e. The van der Waals surface area contributed by atoms with Gasteiger partial charge in [-0.3, -0.25) is 9.59 Å². The van der Waals surface area contributed by atoms with Crippen molar-refractivity contribution >= 4 is 40.9 Å². The Hall–Kier alpha value is -1.54. The summed E-state index contributed by atoms with van der Waals surface area (Å²) in [7, 11) is 0. The molecule has 1 aromatic rings. The van der Waals surface area contributed by atoms with E-state index in [1.54, 1.807) is 16.8 Å². The van der Waals surface area contributed by atoms with Crippen LogP contribution in [0.1, 0.15) is 16.8 Å². The minimum absolute atomic E-state index is 0.111. The molecular weight excluding hydrogens is 300 g/mol. The molecule has 2 heterocycles. The lowest BCUT2D eigenvalue weighted by molar-refractivity contribution is -0.147. The molecule has 0 bridgehead atoms. The lowest BCUT2D eigenvalue weighted by Gasteiger charge is -2.20. The van der Waals surface area contributed by atoms with Gasteiger partial charge in [-0.05, 0) is 11.4 Å². The number of carbonyl (C=O) groups excluding carboxylic acids is 2. The van der Waals surface area contributed by atoms with Crippen LogP contribution < -0.4 is 5.32 Å². The fourth-order valence-corrected chi connectivity index (χ4v) is 3.62. The van der Waals surface area contributed by atoms with E-state index in [9.17, 15) is 14.4 Å². The van der Waals surface area contributed by atoms with E-state index in [0.717, 1.165) is 0 Å². The minimum atomic E-state index is -0.981. The van der Waals surface area contributed by atoms with Crippen LogP contribution in [0.25, 0.3) is 0 Å². The van der Waals surface area contributed by atoms with Gasteiger partial charge < -0.3 is 15.3 Å². The first-order valence-electron chi connectivity index (χ1n) is 6.00. The Labute approximate surface area is 124 Å². The van der Waals surface area contributed by atoms with E-state index in [1.807, 2.05) is 0 Å². The molecule has 1 atom stereocenters. The van der Waals surface area contributed by atoms with Gasteiger partial charge in [-0.2, -0.15) is 11.3 Å². The Morgan fingerprint density at radius 2 is 2.25 bits per heavy atom. The molecule has 2 amide bonds. The second-order valence-electron chi connectivity index (χ2n) is 4.24. The molecule has 1 fully saturated rings. The van der Waals surface area contributed by atoms with Gasteiger partial charge in [-0.15, -0.1) is 11.8 Å². The maximum Gasteiger partial charge on any atom is 0.327 e. The van der Waals surface area contributed by atoms with Crippen molar-refractivity contribution in [1.82, 2.24) is 10.2 Å². The second kappa shape index (κ2) is 6.76. The highest BCUT2D eigenvalue weighted by Gasteiger charge is 2.34. The van der Waals surface area contributed by atoms with E-state index in [1.165, 1.54) is 28.0 Å². The molecule has 2 rings (SSSR count). The summed E-state index contributed by atoms with van der Waals surface area (Å²) in [6, 6.07) is 0.958. The standard InChI is InChI=1S/C12H14N2O4S2/c15-10(14-7-20-6-9(14)12(17)18)1-3-13-11(16)8-2-4-19-5-8/h2,4-5,9H,1,3,6-7H2,(H,13,16)(H,17,18).